The van der Waals surface area contributed by atoms with Crippen LogP contribution in [0.15, 0.2) is 22.8 Å². The lowest BCUT2D eigenvalue weighted by Crippen LogP contribution is -2.60. The molecule has 0 aliphatic heterocycles. The number of hydrogen-bond acceptors (Lipinski definition) is 6. The van der Waals surface area contributed by atoms with Gasteiger partial charge in [0, 0.05) is 41.2 Å². The average Bonchev–Trinajstić information content (AvgIpc) is 2.99. The highest BCUT2D eigenvalue weighted by Crippen LogP contribution is 2.70. The molecule has 0 heterocycles. The topological polar surface area (TPSA) is 129 Å². The third-order valence-corrected chi connectivity index (χ3v) is 11.2. The summed E-state index contributed by atoms with van der Waals surface area (Å²) in [6.07, 6.45) is 1.32. The quantitative estimate of drug-likeness (QED) is 0.472. The summed E-state index contributed by atoms with van der Waals surface area (Å²) in [5.74, 6) is -1.52. The Hall–Kier alpha value is -2.12. The van der Waals surface area contributed by atoms with Crippen molar-refractivity contribution < 1.29 is 34.5 Å². The molecule has 0 aromatic carbocycles. The van der Waals surface area contributed by atoms with E-state index in [0.717, 1.165) is 0 Å². The number of carbonyl (C=O) groups excluding carboxylic acids is 3. The van der Waals surface area contributed by atoms with E-state index in [4.69, 9.17) is 5.11 Å². The van der Waals surface area contributed by atoms with Gasteiger partial charge < -0.3 is 15.3 Å². The minimum absolute atomic E-state index is 0.00541. The van der Waals surface area contributed by atoms with Crippen molar-refractivity contribution in [2.24, 2.45) is 39.4 Å². The number of carboxylic acids is 1. The molecule has 2 saturated carbocycles. The molecule has 37 heavy (non-hydrogen) atoms. The standard InChI is InChI=1S/C30H42O7/c1-15(10-17(31)11-16(2)26(36)37)18-12-23(35)30(7)25-19(32)13-21-27(3,4)22(34)8-9-28(21,5)24(25)20(33)14-29(18,30)6/h11,15,17-19,21,31-32H,8-10,12-14H2,1-7H3,(H,36,37)/b16-11+/t15-,17+,18?,19+,21?,28+,29-,30+/m1/s1. The highest BCUT2D eigenvalue weighted by molar-refractivity contribution is 6.05. The number of Topliss-reactive ketones (excluding diaryl/α,β-unsaturated/α-hetero) is 3. The van der Waals surface area contributed by atoms with E-state index in [1.165, 1.54) is 13.0 Å². The molecular weight excluding hydrogens is 472 g/mol. The zero-order chi connectivity index (χ0) is 27.9. The zero-order valence-corrected chi connectivity index (χ0v) is 23.2. The van der Waals surface area contributed by atoms with Gasteiger partial charge in [0.2, 0.25) is 0 Å². The van der Waals surface area contributed by atoms with Crippen molar-refractivity contribution in [1.82, 2.24) is 0 Å². The Balaban J connectivity index is 1.77. The lowest BCUT2D eigenvalue weighted by molar-refractivity contribution is -0.146. The van der Waals surface area contributed by atoms with Gasteiger partial charge in [-0.3, -0.25) is 14.4 Å². The number of fused-ring (bicyclic) bond motifs is 4. The Labute approximate surface area is 219 Å². The number of aliphatic hydroxyl groups excluding tert-OH is 2. The first-order chi connectivity index (χ1) is 16.9. The summed E-state index contributed by atoms with van der Waals surface area (Å²) in [6.45, 7) is 13.1. The van der Waals surface area contributed by atoms with Crippen LogP contribution >= 0.6 is 0 Å². The maximum absolute atomic E-state index is 14.0. The predicted molar refractivity (Wildman–Crippen MR) is 137 cm³/mol. The van der Waals surface area contributed by atoms with Crippen LogP contribution in [0.2, 0.25) is 0 Å². The SMILES string of the molecule is C/C(=C\[C@@H](O)C[C@@H](C)C1CC(=O)[C@@]2(C)C3=C(C(=O)C[C@]12C)[C@@]1(C)CCC(=O)C(C)(C)C1C[C@@H]3O)C(=O)O. The highest BCUT2D eigenvalue weighted by Gasteiger charge is 2.70. The molecule has 0 aromatic heterocycles. The van der Waals surface area contributed by atoms with Crippen molar-refractivity contribution >= 4 is 23.3 Å². The van der Waals surface area contributed by atoms with Crippen LogP contribution < -0.4 is 0 Å². The largest absolute Gasteiger partial charge is 0.478 e. The van der Waals surface area contributed by atoms with Gasteiger partial charge in [-0.25, -0.2) is 4.79 Å². The molecule has 0 spiro atoms. The normalized spacial score (nSPS) is 41.2. The number of carbonyl (C=O) groups is 4. The first-order valence-electron chi connectivity index (χ1n) is 13.6. The number of ketones is 3. The molecule has 2 unspecified atom stereocenters. The fourth-order valence-corrected chi connectivity index (χ4v) is 8.89. The second kappa shape index (κ2) is 8.70. The van der Waals surface area contributed by atoms with Crippen molar-refractivity contribution in [3.05, 3.63) is 22.8 Å². The lowest BCUT2D eigenvalue weighted by atomic mass is 9.42. The van der Waals surface area contributed by atoms with Crippen LogP contribution in [0.4, 0.5) is 0 Å². The molecule has 8 atom stereocenters. The first-order valence-corrected chi connectivity index (χ1v) is 13.6. The van der Waals surface area contributed by atoms with Gasteiger partial charge in [-0.2, -0.15) is 0 Å². The Morgan fingerprint density at radius 3 is 2.32 bits per heavy atom. The van der Waals surface area contributed by atoms with Crippen molar-refractivity contribution in [3.63, 3.8) is 0 Å². The van der Waals surface area contributed by atoms with Crippen LogP contribution in [0, 0.1) is 39.4 Å². The molecule has 2 fully saturated rings. The van der Waals surface area contributed by atoms with E-state index in [2.05, 4.69) is 0 Å². The van der Waals surface area contributed by atoms with Crippen LogP contribution in [0.3, 0.4) is 0 Å². The van der Waals surface area contributed by atoms with Crippen LogP contribution in [0.5, 0.6) is 0 Å². The molecular formula is C30H42O7. The van der Waals surface area contributed by atoms with Gasteiger partial charge in [-0.1, -0.05) is 34.6 Å². The lowest BCUT2D eigenvalue weighted by Gasteiger charge is -2.60. The van der Waals surface area contributed by atoms with Crippen LogP contribution in [0.1, 0.15) is 87.0 Å². The molecule has 4 aliphatic rings. The molecule has 0 aromatic rings. The molecule has 7 nitrogen and oxygen atoms in total. The Bertz CT molecular complexity index is 1130. The molecule has 0 amide bonds. The Kier molecular flexibility index (Phi) is 6.56. The zero-order valence-electron chi connectivity index (χ0n) is 23.2. The van der Waals surface area contributed by atoms with Crippen molar-refractivity contribution in [2.75, 3.05) is 0 Å². The maximum atomic E-state index is 14.0. The highest BCUT2D eigenvalue weighted by atomic mass is 16.4. The van der Waals surface area contributed by atoms with Crippen molar-refractivity contribution in [2.45, 2.75) is 99.2 Å². The van der Waals surface area contributed by atoms with Crippen LogP contribution in [0.25, 0.3) is 0 Å². The summed E-state index contributed by atoms with van der Waals surface area (Å²) in [7, 11) is 0. The third-order valence-electron chi connectivity index (χ3n) is 11.2. The van der Waals surface area contributed by atoms with Crippen LogP contribution in [-0.4, -0.2) is 50.8 Å². The summed E-state index contributed by atoms with van der Waals surface area (Å²) in [4.78, 5) is 51.9. The van der Waals surface area contributed by atoms with Gasteiger partial charge in [0.25, 0.3) is 0 Å². The van der Waals surface area contributed by atoms with Gasteiger partial charge in [-0.05, 0) is 67.9 Å². The fraction of sp³-hybridized carbons (Fsp3) is 0.733. The number of hydrogen-bond donors (Lipinski definition) is 3. The molecule has 0 saturated heterocycles. The van der Waals surface area contributed by atoms with E-state index < -0.39 is 39.8 Å². The fourth-order valence-electron chi connectivity index (χ4n) is 8.89. The Morgan fingerprint density at radius 2 is 1.73 bits per heavy atom. The monoisotopic (exact) mass is 514 g/mol. The van der Waals surface area contributed by atoms with Gasteiger partial charge in [0.15, 0.2) is 5.78 Å². The van der Waals surface area contributed by atoms with E-state index in [9.17, 15) is 29.4 Å². The molecule has 7 heteroatoms. The van der Waals surface area contributed by atoms with E-state index in [1.54, 1.807) is 0 Å². The third kappa shape index (κ3) is 3.75. The van der Waals surface area contributed by atoms with Crippen LogP contribution in [-0.2, 0) is 19.2 Å². The number of aliphatic carboxylic acids is 1. The van der Waals surface area contributed by atoms with Gasteiger partial charge in [0.1, 0.15) is 11.6 Å². The van der Waals surface area contributed by atoms with E-state index in [-0.39, 0.29) is 59.9 Å². The van der Waals surface area contributed by atoms with Gasteiger partial charge >= 0.3 is 5.97 Å². The minimum Gasteiger partial charge on any atom is -0.478 e. The molecule has 3 N–H and O–H groups in total. The van der Waals surface area contributed by atoms with Gasteiger partial charge in [0.05, 0.1) is 17.6 Å². The number of carboxylic acid groups (broad SMARTS) is 1. The molecule has 204 valence electrons. The molecule has 0 bridgehead atoms. The molecule has 4 aliphatic carbocycles. The van der Waals surface area contributed by atoms with Crippen molar-refractivity contribution in [3.8, 4) is 0 Å². The van der Waals surface area contributed by atoms with E-state index in [1.807, 2.05) is 41.5 Å². The summed E-state index contributed by atoms with van der Waals surface area (Å²) in [5.41, 5.74) is -1.80. The summed E-state index contributed by atoms with van der Waals surface area (Å²) < 4.78 is 0. The maximum Gasteiger partial charge on any atom is 0.331 e. The molecule has 0 radical (unpaired) electrons. The number of rotatable bonds is 5. The van der Waals surface area contributed by atoms with Gasteiger partial charge in [-0.15, -0.1) is 0 Å². The van der Waals surface area contributed by atoms with E-state index in [0.29, 0.717) is 30.4 Å². The van der Waals surface area contributed by atoms with E-state index >= 15 is 0 Å². The van der Waals surface area contributed by atoms with Crippen molar-refractivity contribution in [1.29, 1.82) is 0 Å². The number of aliphatic hydroxyl groups is 2. The second-order valence-corrected chi connectivity index (χ2v) is 13.5. The second-order valence-electron chi connectivity index (χ2n) is 13.5. The predicted octanol–water partition coefficient (Wildman–Crippen LogP) is 4.05. The summed E-state index contributed by atoms with van der Waals surface area (Å²) in [5, 5.41) is 31.3. The number of allylic oxidation sites excluding steroid dienone is 1. The molecule has 4 rings (SSSR count). The smallest absolute Gasteiger partial charge is 0.331 e. The Morgan fingerprint density at radius 1 is 1.11 bits per heavy atom. The summed E-state index contributed by atoms with van der Waals surface area (Å²) in [6, 6.07) is 0. The minimum atomic E-state index is -1.09. The summed E-state index contributed by atoms with van der Waals surface area (Å²) >= 11 is 0. The average molecular weight is 515 g/mol. The first kappa shape index (κ1) is 27.9.